The molecule has 1 heterocycles. The molecule has 0 radical (unpaired) electrons. The van der Waals surface area contributed by atoms with Crippen LogP contribution < -0.4 is 0 Å². The van der Waals surface area contributed by atoms with E-state index in [0.717, 1.165) is 12.8 Å². The molecule has 1 aromatic rings. The minimum Gasteiger partial charge on any atom is -0.374 e. The molecule has 0 aromatic heterocycles. The Labute approximate surface area is 145 Å². The highest BCUT2D eigenvalue weighted by molar-refractivity contribution is 7.86. The van der Waals surface area contributed by atoms with Crippen molar-refractivity contribution in [3.05, 3.63) is 35.9 Å². The fourth-order valence-corrected chi connectivity index (χ4v) is 5.77. The summed E-state index contributed by atoms with van der Waals surface area (Å²) in [5.74, 6) is 0.882. The van der Waals surface area contributed by atoms with Crippen LogP contribution in [0.1, 0.15) is 32.3 Å². The van der Waals surface area contributed by atoms with Crippen molar-refractivity contribution in [1.29, 1.82) is 0 Å². The van der Waals surface area contributed by atoms with Gasteiger partial charge in [-0.05, 0) is 30.2 Å². The van der Waals surface area contributed by atoms with Gasteiger partial charge in [0.05, 0.1) is 12.7 Å². The van der Waals surface area contributed by atoms with Crippen LogP contribution in [0.25, 0.3) is 0 Å². The topological polar surface area (TPSA) is 49.9 Å². The maximum atomic E-state index is 12.6. The molecule has 3 atom stereocenters. The first-order valence-corrected chi connectivity index (χ1v) is 10.3. The Morgan fingerprint density at radius 3 is 2.21 bits per heavy atom. The lowest BCUT2D eigenvalue weighted by Gasteiger charge is -2.26. The normalized spacial score (nSPS) is 27.7. The highest BCUT2D eigenvalue weighted by Gasteiger charge is 2.45. The molecule has 1 aromatic carbocycles. The number of rotatable bonds is 7. The van der Waals surface area contributed by atoms with Gasteiger partial charge < -0.3 is 4.74 Å². The quantitative estimate of drug-likeness (QED) is 0.758. The zero-order chi connectivity index (χ0) is 17.2. The van der Waals surface area contributed by atoms with E-state index >= 15 is 0 Å². The van der Waals surface area contributed by atoms with Crippen LogP contribution in [0.5, 0.6) is 0 Å². The largest absolute Gasteiger partial charge is 0.374 e. The van der Waals surface area contributed by atoms with Crippen LogP contribution in [0.15, 0.2) is 30.3 Å². The summed E-state index contributed by atoms with van der Waals surface area (Å²) in [4.78, 5) is 0. The van der Waals surface area contributed by atoms with Gasteiger partial charge in [0, 0.05) is 26.2 Å². The van der Waals surface area contributed by atoms with Crippen LogP contribution in [0.3, 0.4) is 0 Å². The lowest BCUT2D eigenvalue weighted by Crippen LogP contribution is -2.43. The van der Waals surface area contributed by atoms with Gasteiger partial charge in [-0.25, -0.2) is 0 Å². The molecule has 0 bridgehead atoms. The smallest absolute Gasteiger partial charge is 0.281 e. The van der Waals surface area contributed by atoms with Gasteiger partial charge in [-0.2, -0.15) is 17.0 Å². The maximum absolute atomic E-state index is 12.6. The van der Waals surface area contributed by atoms with Crippen LogP contribution in [0.2, 0.25) is 0 Å². The van der Waals surface area contributed by atoms with E-state index in [9.17, 15) is 8.42 Å². The summed E-state index contributed by atoms with van der Waals surface area (Å²) < 4.78 is 34.6. The van der Waals surface area contributed by atoms with Gasteiger partial charge in [0.1, 0.15) is 0 Å². The summed E-state index contributed by atoms with van der Waals surface area (Å²) in [5.41, 5.74) is 1.19. The second-order valence-corrected chi connectivity index (χ2v) is 8.75. The molecule has 2 aliphatic rings. The molecule has 2 fully saturated rings. The molecule has 24 heavy (non-hydrogen) atoms. The van der Waals surface area contributed by atoms with Crippen molar-refractivity contribution in [1.82, 2.24) is 8.61 Å². The standard InChI is InChI=1S/C18H28N2O3S/c1-3-19(4-2)24(21,22)20-12-16-10-18(11-17(16)13-20)23-14-15-8-6-5-7-9-15/h5-9,16-18H,3-4,10-14H2,1-2H3/t16-,17+,18?. The number of nitrogens with zero attached hydrogens (tertiary/aromatic N) is 2. The van der Waals surface area contributed by atoms with E-state index in [1.165, 1.54) is 5.56 Å². The zero-order valence-electron chi connectivity index (χ0n) is 14.6. The Kier molecular flexibility index (Phi) is 5.59. The van der Waals surface area contributed by atoms with E-state index in [2.05, 4.69) is 12.1 Å². The summed E-state index contributed by atoms with van der Waals surface area (Å²) in [5, 5.41) is 0. The first-order chi connectivity index (χ1) is 11.5. The molecule has 0 N–H and O–H groups in total. The molecular formula is C18H28N2O3S. The fourth-order valence-electron chi connectivity index (χ4n) is 4.03. The number of hydrogen-bond donors (Lipinski definition) is 0. The van der Waals surface area contributed by atoms with Crippen molar-refractivity contribution in [3.8, 4) is 0 Å². The second kappa shape index (κ2) is 7.52. The summed E-state index contributed by atoms with van der Waals surface area (Å²) in [6, 6.07) is 10.2. The second-order valence-electron chi connectivity index (χ2n) is 6.82. The summed E-state index contributed by atoms with van der Waals surface area (Å²) in [6.45, 7) is 6.80. The van der Waals surface area contributed by atoms with Crippen molar-refractivity contribution >= 4 is 10.2 Å². The lowest BCUT2D eigenvalue weighted by atomic mass is 10.0. The minimum atomic E-state index is -3.29. The van der Waals surface area contributed by atoms with Crippen molar-refractivity contribution in [2.45, 2.75) is 39.4 Å². The molecule has 1 saturated heterocycles. The van der Waals surface area contributed by atoms with Gasteiger partial charge in [0.15, 0.2) is 0 Å². The molecule has 0 amide bonds. The van der Waals surface area contributed by atoms with Gasteiger partial charge in [-0.3, -0.25) is 0 Å². The van der Waals surface area contributed by atoms with Gasteiger partial charge in [-0.15, -0.1) is 0 Å². The van der Waals surface area contributed by atoms with Crippen LogP contribution >= 0.6 is 0 Å². The fraction of sp³-hybridized carbons (Fsp3) is 0.667. The van der Waals surface area contributed by atoms with Gasteiger partial charge >= 0.3 is 0 Å². The number of benzene rings is 1. The third-order valence-electron chi connectivity index (χ3n) is 5.36. The van der Waals surface area contributed by atoms with Gasteiger partial charge in [0.25, 0.3) is 10.2 Å². The molecule has 5 nitrogen and oxygen atoms in total. The van der Waals surface area contributed by atoms with E-state index in [1.807, 2.05) is 32.0 Å². The number of fused-ring (bicyclic) bond motifs is 1. The van der Waals surface area contributed by atoms with E-state index in [1.54, 1.807) is 8.61 Å². The molecule has 1 aliphatic carbocycles. The number of hydrogen-bond acceptors (Lipinski definition) is 3. The van der Waals surface area contributed by atoms with E-state index in [0.29, 0.717) is 44.6 Å². The van der Waals surface area contributed by atoms with E-state index in [4.69, 9.17) is 4.74 Å². The third kappa shape index (κ3) is 3.67. The third-order valence-corrected chi connectivity index (χ3v) is 7.48. The number of ether oxygens (including phenoxy) is 1. The molecular weight excluding hydrogens is 324 g/mol. The first kappa shape index (κ1) is 17.9. The van der Waals surface area contributed by atoms with Crippen LogP contribution in [0, 0.1) is 11.8 Å². The van der Waals surface area contributed by atoms with Crippen molar-refractivity contribution in [2.75, 3.05) is 26.2 Å². The zero-order valence-corrected chi connectivity index (χ0v) is 15.4. The average Bonchev–Trinajstić information content (AvgIpc) is 3.14. The molecule has 0 spiro atoms. The monoisotopic (exact) mass is 352 g/mol. The Bertz CT molecular complexity index is 617. The summed E-state index contributed by atoms with van der Waals surface area (Å²) in [7, 11) is -3.29. The predicted octanol–water partition coefficient (Wildman–Crippen LogP) is 2.50. The van der Waals surface area contributed by atoms with Crippen molar-refractivity contribution in [3.63, 3.8) is 0 Å². The van der Waals surface area contributed by atoms with Crippen molar-refractivity contribution in [2.24, 2.45) is 11.8 Å². The SMILES string of the molecule is CCN(CC)S(=O)(=O)N1C[C@H]2CC(OCc3ccccc3)C[C@H]2C1. The van der Waals surface area contributed by atoms with Crippen LogP contribution in [0.4, 0.5) is 0 Å². The molecule has 134 valence electrons. The van der Waals surface area contributed by atoms with E-state index < -0.39 is 10.2 Å². The molecule has 3 rings (SSSR count). The first-order valence-electron chi connectivity index (χ1n) is 8.95. The summed E-state index contributed by atoms with van der Waals surface area (Å²) >= 11 is 0. The molecule has 6 heteroatoms. The van der Waals surface area contributed by atoms with Gasteiger partial charge in [0.2, 0.25) is 0 Å². The Morgan fingerprint density at radius 2 is 1.67 bits per heavy atom. The molecule has 1 aliphatic heterocycles. The molecule has 1 saturated carbocycles. The van der Waals surface area contributed by atoms with Crippen LogP contribution in [-0.2, 0) is 21.6 Å². The summed E-state index contributed by atoms with van der Waals surface area (Å²) in [6.07, 6.45) is 2.21. The lowest BCUT2D eigenvalue weighted by molar-refractivity contribution is 0.0391. The highest BCUT2D eigenvalue weighted by atomic mass is 32.2. The Hall–Kier alpha value is -0.950. The maximum Gasteiger partial charge on any atom is 0.281 e. The van der Waals surface area contributed by atoms with Gasteiger partial charge in [-0.1, -0.05) is 44.2 Å². The van der Waals surface area contributed by atoms with Crippen molar-refractivity contribution < 1.29 is 13.2 Å². The highest BCUT2D eigenvalue weighted by Crippen LogP contribution is 2.40. The van der Waals surface area contributed by atoms with E-state index in [-0.39, 0.29) is 6.10 Å². The predicted molar refractivity (Wildman–Crippen MR) is 94.6 cm³/mol. The Balaban J connectivity index is 1.52. The Morgan fingerprint density at radius 1 is 1.08 bits per heavy atom. The minimum absolute atomic E-state index is 0.263. The molecule has 1 unspecified atom stereocenters. The average molecular weight is 353 g/mol. The van der Waals surface area contributed by atoms with Crippen LogP contribution in [-0.4, -0.2) is 49.3 Å².